The lowest BCUT2D eigenvalue weighted by molar-refractivity contribution is 0.383. The number of nitrogens with zero attached hydrogens (tertiary/aromatic N) is 5. The van der Waals surface area contributed by atoms with Crippen molar-refractivity contribution in [2.24, 2.45) is 11.1 Å². The standard InChI is InChI=1S/C11H16N6/c1-11(6-12)2-4-16(7-11)9-10-15-14-8-17(10)5-3-13-9/h3,5,8H,2,4,6-7,12H2,1H3. The van der Waals surface area contributed by atoms with Crippen LogP contribution < -0.4 is 10.6 Å². The van der Waals surface area contributed by atoms with Gasteiger partial charge in [0, 0.05) is 25.5 Å². The number of anilines is 1. The van der Waals surface area contributed by atoms with Crippen LogP contribution in [0.15, 0.2) is 18.7 Å². The van der Waals surface area contributed by atoms with Crippen molar-refractivity contribution in [3.05, 3.63) is 18.7 Å². The van der Waals surface area contributed by atoms with Crippen LogP contribution in [0.5, 0.6) is 0 Å². The second-order valence-electron chi connectivity index (χ2n) is 5.00. The molecule has 1 aliphatic rings. The van der Waals surface area contributed by atoms with Crippen molar-refractivity contribution in [1.82, 2.24) is 19.6 Å². The zero-order valence-corrected chi connectivity index (χ0v) is 9.87. The third-order valence-corrected chi connectivity index (χ3v) is 3.55. The number of hydrogen-bond donors (Lipinski definition) is 1. The van der Waals surface area contributed by atoms with Gasteiger partial charge in [-0.15, -0.1) is 10.2 Å². The summed E-state index contributed by atoms with van der Waals surface area (Å²) >= 11 is 0. The molecule has 2 N–H and O–H groups in total. The molecule has 0 aromatic carbocycles. The van der Waals surface area contributed by atoms with E-state index < -0.39 is 0 Å². The van der Waals surface area contributed by atoms with E-state index in [1.807, 2.05) is 10.6 Å². The summed E-state index contributed by atoms with van der Waals surface area (Å²) in [6.07, 6.45) is 6.43. The van der Waals surface area contributed by atoms with Crippen LogP contribution in [0.2, 0.25) is 0 Å². The van der Waals surface area contributed by atoms with Gasteiger partial charge in [-0.2, -0.15) is 0 Å². The van der Waals surface area contributed by atoms with Gasteiger partial charge in [0.1, 0.15) is 6.33 Å². The zero-order valence-electron chi connectivity index (χ0n) is 9.87. The molecule has 3 heterocycles. The van der Waals surface area contributed by atoms with Crippen LogP contribution in [-0.4, -0.2) is 39.2 Å². The van der Waals surface area contributed by atoms with Crippen LogP contribution in [0.4, 0.5) is 5.82 Å². The molecule has 6 nitrogen and oxygen atoms in total. The molecule has 17 heavy (non-hydrogen) atoms. The van der Waals surface area contributed by atoms with Crippen LogP contribution in [-0.2, 0) is 0 Å². The monoisotopic (exact) mass is 232 g/mol. The Kier molecular flexibility index (Phi) is 2.25. The average molecular weight is 232 g/mol. The molecule has 0 bridgehead atoms. The quantitative estimate of drug-likeness (QED) is 0.806. The highest BCUT2D eigenvalue weighted by atomic mass is 15.3. The molecule has 1 fully saturated rings. The second kappa shape index (κ2) is 3.66. The van der Waals surface area contributed by atoms with E-state index in [0.29, 0.717) is 6.54 Å². The molecule has 2 aromatic rings. The van der Waals surface area contributed by atoms with Gasteiger partial charge in [0.05, 0.1) is 0 Å². The first-order valence-electron chi connectivity index (χ1n) is 5.81. The maximum absolute atomic E-state index is 5.82. The van der Waals surface area contributed by atoms with Crippen molar-refractivity contribution in [2.45, 2.75) is 13.3 Å². The van der Waals surface area contributed by atoms with Gasteiger partial charge < -0.3 is 10.6 Å². The third kappa shape index (κ3) is 1.64. The summed E-state index contributed by atoms with van der Waals surface area (Å²) in [5.41, 5.74) is 6.82. The van der Waals surface area contributed by atoms with Crippen LogP contribution in [0, 0.1) is 5.41 Å². The Morgan fingerprint density at radius 3 is 3.18 bits per heavy atom. The summed E-state index contributed by atoms with van der Waals surface area (Å²) in [4.78, 5) is 6.67. The van der Waals surface area contributed by atoms with Gasteiger partial charge in [0.25, 0.3) is 0 Å². The van der Waals surface area contributed by atoms with Gasteiger partial charge in [-0.3, -0.25) is 4.40 Å². The molecule has 1 atom stereocenters. The Morgan fingerprint density at radius 1 is 1.53 bits per heavy atom. The van der Waals surface area contributed by atoms with E-state index in [1.54, 1.807) is 12.5 Å². The molecule has 3 rings (SSSR count). The summed E-state index contributed by atoms with van der Waals surface area (Å²) < 4.78 is 1.89. The first kappa shape index (κ1) is 10.5. The number of nitrogens with two attached hydrogens (primary N) is 1. The summed E-state index contributed by atoms with van der Waals surface area (Å²) in [5.74, 6) is 0.905. The molecule has 0 saturated carbocycles. The number of fused-ring (bicyclic) bond motifs is 1. The second-order valence-corrected chi connectivity index (χ2v) is 5.00. The molecule has 1 saturated heterocycles. The largest absolute Gasteiger partial charge is 0.353 e. The smallest absolute Gasteiger partial charge is 0.203 e. The summed E-state index contributed by atoms with van der Waals surface area (Å²) in [5, 5.41) is 8.03. The SMILES string of the molecule is CC1(CN)CCN(c2nccn3cnnc23)C1. The molecule has 6 heteroatoms. The van der Waals surface area contributed by atoms with Crippen LogP contribution in [0.3, 0.4) is 0 Å². The van der Waals surface area contributed by atoms with Crippen molar-refractivity contribution in [3.63, 3.8) is 0 Å². The van der Waals surface area contributed by atoms with Crippen molar-refractivity contribution in [3.8, 4) is 0 Å². The Labute approximate surface area is 99.5 Å². The van der Waals surface area contributed by atoms with Gasteiger partial charge in [-0.1, -0.05) is 6.92 Å². The van der Waals surface area contributed by atoms with Crippen LogP contribution >= 0.6 is 0 Å². The maximum atomic E-state index is 5.82. The average Bonchev–Trinajstić information content (AvgIpc) is 2.95. The lowest BCUT2D eigenvalue weighted by Crippen LogP contribution is -2.31. The summed E-state index contributed by atoms with van der Waals surface area (Å²) in [6, 6.07) is 0. The lowest BCUT2D eigenvalue weighted by Gasteiger charge is -2.23. The van der Waals surface area contributed by atoms with E-state index >= 15 is 0 Å². The minimum atomic E-state index is 0.189. The van der Waals surface area contributed by atoms with E-state index in [1.165, 1.54) is 0 Å². The van der Waals surface area contributed by atoms with E-state index in [9.17, 15) is 0 Å². The fourth-order valence-corrected chi connectivity index (χ4v) is 2.34. The van der Waals surface area contributed by atoms with Crippen LogP contribution in [0.25, 0.3) is 5.65 Å². The van der Waals surface area contributed by atoms with E-state index in [2.05, 4.69) is 27.0 Å². The number of hydrogen-bond acceptors (Lipinski definition) is 5. The highest BCUT2D eigenvalue weighted by molar-refractivity contribution is 5.63. The highest BCUT2D eigenvalue weighted by Crippen LogP contribution is 2.32. The van der Waals surface area contributed by atoms with E-state index in [-0.39, 0.29) is 5.41 Å². The maximum Gasteiger partial charge on any atom is 0.203 e. The van der Waals surface area contributed by atoms with Gasteiger partial charge >= 0.3 is 0 Å². The van der Waals surface area contributed by atoms with Gasteiger partial charge in [0.2, 0.25) is 5.65 Å². The minimum Gasteiger partial charge on any atom is -0.353 e. The predicted octanol–water partition coefficient (Wildman–Crippen LogP) is 0.299. The zero-order chi connectivity index (χ0) is 11.9. The third-order valence-electron chi connectivity index (χ3n) is 3.55. The summed E-state index contributed by atoms with van der Waals surface area (Å²) in [6.45, 7) is 4.84. The molecule has 1 unspecified atom stereocenters. The molecule has 0 aliphatic carbocycles. The van der Waals surface area contributed by atoms with Gasteiger partial charge in [-0.05, 0) is 18.4 Å². The van der Waals surface area contributed by atoms with Crippen molar-refractivity contribution in [2.75, 3.05) is 24.5 Å². The first-order chi connectivity index (χ1) is 8.22. The molecular weight excluding hydrogens is 216 g/mol. The number of rotatable bonds is 2. The first-order valence-corrected chi connectivity index (χ1v) is 5.81. The van der Waals surface area contributed by atoms with Gasteiger partial charge in [-0.25, -0.2) is 4.98 Å². The fraction of sp³-hybridized carbons (Fsp3) is 0.545. The minimum absolute atomic E-state index is 0.189. The highest BCUT2D eigenvalue weighted by Gasteiger charge is 2.34. The Hall–Kier alpha value is -1.69. The molecule has 2 aromatic heterocycles. The molecule has 0 spiro atoms. The van der Waals surface area contributed by atoms with Crippen molar-refractivity contribution >= 4 is 11.5 Å². The molecule has 0 amide bonds. The molecule has 1 aliphatic heterocycles. The lowest BCUT2D eigenvalue weighted by atomic mass is 9.90. The van der Waals surface area contributed by atoms with Crippen molar-refractivity contribution < 1.29 is 0 Å². The molecule has 90 valence electrons. The fourth-order valence-electron chi connectivity index (χ4n) is 2.34. The van der Waals surface area contributed by atoms with E-state index in [0.717, 1.165) is 31.0 Å². The Bertz CT molecular complexity index is 535. The van der Waals surface area contributed by atoms with Crippen LogP contribution in [0.1, 0.15) is 13.3 Å². The summed E-state index contributed by atoms with van der Waals surface area (Å²) in [7, 11) is 0. The van der Waals surface area contributed by atoms with Crippen molar-refractivity contribution in [1.29, 1.82) is 0 Å². The Morgan fingerprint density at radius 2 is 2.41 bits per heavy atom. The normalized spacial score (nSPS) is 24.7. The molecule has 0 radical (unpaired) electrons. The topological polar surface area (TPSA) is 72.3 Å². The van der Waals surface area contributed by atoms with E-state index in [4.69, 9.17) is 5.73 Å². The van der Waals surface area contributed by atoms with Gasteiger partial charge in [0.15, 0.2) is 5.82 Å². The molecular formula is C11H16N6. The Balaban J connectivity index is 1.98. The number of aromatic nitrogens is 4. The predicted molar refractivity (Wildman–Crippen MR) is 64.8 cm³/mol.